The van der Waals surface area contributed by atoms with Crippen LogP contribution in [0.1, 0.15) is 12.5 Å². The maximum Gasteiger partial charge on any atom is 0.586 e. The van der Waals surface area contributed by atoms with Crippen LogP contribution < -0.4 is 20.1 Å². The molecule has 0 fully saturated rings. The van der Waals surface area contributed by atoms with Gasteiger partial charge in [0.15, 0.2) is 11.5 Å². The monoisotopic (exact) mass is 348 g/mol. The second-order valence-electron chi connectivity index (χ2n) is 5.58. The molecule has 2 aromatic rings. The number of hydrogen-bond acceptors (Lipinski definition) is 5. The first-order valence-corrected chi connectivity index (χ1v) is 7.66. The lowest BCUT2D eigenvalue weighted by Crippen LogP contribution is -2.39. The smallest absolute Gasteiger partial charge is 0.395 e. The molecule has 0 saturated heterocycles. The molecule has 0 spiro atoms. The Balaban J connectivity index is 1.63. The minimum Gasteiger partial charge on any atom is -0.395 e. The van der Waals surface area contributed by atoms with Gasteiger partial charge in [-0.2, -0.15) is 0 Å². The van der Waals surface area contributed by atoms with Crippen molar-refractivity contribution >= 4 is 23.2 Å². The van der Waals surface area contributed by atoms with E-state index in [2.05, 4.69) is 25.1 Å². The van der Waals surface area contributed by atoms with E-state index in [9.17, 15) is 13.6 Å². The van der Waals surface area contributed by atoms with Crippen LogP contribution in [0.15, 0.2) is 30.5 Å². The van der Waals surface area contributed by atoms with E-state index in [0.29, 0.717) is 30.3 Å². The molecule has 4 rings (SSSR count). The quantitative estimate of drug-likeness (QED) is 0.888. The highest BCUT2D eigenvalue weighted by Crippen LogP contribution is 2.43. The lowest BCUT2D eigenvalue weighted by molar-refractivity contribution is -0.286. The third-order valence-corrected chi connectivity index (χ3v) is 3.98. The van der Waals surface area contributed by atoms with Crippen LogP contribution in [0.25, 0.3) is 0 Å². The number of carbonyl (C=O) groups is 1. The molecule has 0 radical (unpaired) electrons. The van der Waals surface area contributed by atoms with Crippen LogP contribution in [0.5, 0.6) is 11.5 Å². The molecule has 2 N–H and O–H groups in total. The van der Waals surface area contributed by atoms with Crippen LogP contribution in [-0.2, 0) is 6.54 Å². The topological polar surface area (TPSA) is 75.7 Å². The fraction of sp³-hybridized carbons (Fsp3) is 0.250. The Hall–Kier alpha value is -3.10. The highest BCUT2D eigenvalue weighted by atomic mass is 19.3. The highest BCUT2D eigenvalue weighted by molar-refractivity contribution is 5.92. The van der Waals surface area contributed by atoms with Gasteiger partial charge in [0.05, 0.1) is 6.54 Å². The van der Waals surface area contributed by atoms with Gasteiger partial charge in [-0.15, -0.1) is 8.78 Å². The summed E-state index contributed by atoms with van der Waals surface area (Å²) in [4.78, 5) is 17.7. The molecule has 1 aromatic heterocycles. The number of carbonyl (C=O) groups excluding carboxylic acids is 1. The largest absolute Gasteiger partial charge is 0.586 e. The van der Waals surface area contributed by atoms with Gasteiger partial charge in [0.25, 0.3) is 0 Å². The van der Waals surface area contributed by atoms with Crippen LogP contribution in [0.4, 0.5) is 30.8 Å². The van der Waals surface area contributed by atoms with Crippen molar-refractivity contribution in [1.29, 1.82) is 0 Å². The van der Waals surface area contributed by atoms with Gasteiger partial charge in [0.1, 0.15) is 5.82 Å². The summed E-state index contributed by atoms with van der Waals surface area (Å²) in [5.74, 6) is 0.421. The summed E-state index contributed by atoms with van der Waals surface area (Å²) in [7, 11) is 0. The number of benzene rings is 1. The molecule has 0 bridgehead atoms. The first kappa shape index (κ1) is 15.4. The molecule has 0 unspecified atom stereocenters. The SMILES string of the molecule is CCN1Cc2c(Nc3ccc4c(c3)OC(F)(F)O4)ccnc2NC1=O. The van der Waals surface area contributed by atoms with Crippen molar-refractivity contribution in [3.63, 3.8) is 0 Å². The average molecular weight is 348 g/mol. The van der Waals surface area contributed by atoms with Gasteiger partial charge in [0, 0.05) is 35.7 Å². The zero-order chi connectivity index (χ0) is 17.6. The minimum atomic E-state index is -3.65. The third kappa shape index (κ3) is 2.77. The maximum atomic E-state index is 13.1. The highest BCUT2D eigenvalue weighted by Gasteiger charge is 2.43. The Kier molecular flexibility index (Phi) is 3.38. The number of alkyl halides is 2. The molecule has 0 aliphatic carbocycles. The molecule has 2 aliphatic rings. The molecule has 3 heterocycles. The summed E-state index contributed by atoms with van der Waals surface area (Å²) in [5.41, 5.74) is 2.08. The Bertz CT molecular complexity index is 859. The normalized spacial score (nSPS) is 17.1. The summed E-state index contributed by atoms with van der Waals surface area (Å²) in [6.07, 6.45) is -2.09. The van der Waals surface area contributed by atoms with Gasteiger partial charge in [-0.25, -0.2) is 9.78 Å². The zero-order valence-electron chi connectivity index (χ0n) is 13.2. The number of amides is 2. The maximum absolute atomic E-state index is 13.1. The fourth-order valence-corrected chi connectivity index (χ4v) is 2.76. The summed E-state index contributed by atoms with van der Waals surface area (Å²) in [6.45, 7) is 2.83. The third-order valence-electron chi connectivity index (χ3n) is 3.98. The van der Waals surface area contributed by atoms with E-state index >= 15 is 0 Å². The Morgan fingerprint density at radius 2 is 2.12 bits per heavy atom. The molecule has 0 saturated carbocycles. The van der Waals surface area contributed by atoms with Crippen molar-refractivity contribution in [3.05, 3.63) is 36.0 Å². The van der Waals surface area contributed by atoms with Crippen LogP contribution in [-0.4, -0.2) is 28.8 Å². The second kappa shape index (κ2) is 5.47. The molecule has 130 valence electrons. The summed E-state index contributed by atoms with van der Waals surface area (Å²) < 4.78 is 35.1. The lowest BCUT2D eigenvalue weighted by atomic mass is 10.1. The van der Waals surface area contributed by atoms with E-state index in [1.54, 1.807) is 23.2 Å². The van der Waals surface area contributed by atoms with Crippen molar-refractivity contribution < 1.29 is 23.0 Å². The number of aromatic nitrogens is 1. The molecule has 2 aliphatic heterocycles. The first-order chi connectivity index (χ1) is 11.9. The number of urea groups is 1. The summed E-state index contributed by atoms with van der Waals surface area (Å²) >= 11 is 0. The molecular formula is C16H14F2N4O3. The van der Waals surface area contributed by atoms with Crippen molar-refractivity contribution in [1.82, 2.24) is 9.88 Å². The number of fused-ring (bicyclic) bond motifs is 2. The van der Waals surface area contributed by atoms with Crippen molar-refractivity contribution in [2.45, 2.75) is 19.8 Å². The zero-order valence-corrected chi connectivity index (χ0v) is 13.2. The summed E-state index contributed by atoms with van der Waals surface area (Å²) in [5, 5.41) is 5.88. The molecule has 9 heteroatoms. The van der Waals surface area contributed by atoms with E-state index in [1.807, 2.05) is 6.92 Å². The minimum absolute atomic E-state index is 0.0169. The fourth-order valence-electron chi connectivity index (χ4n) is 2.76. The van der Waals surface area contributed by atoms with Gasteiger partial charge in [-0.3, -0.25) is 5.32 Å². The van der Waals surface area contributed by atoms with Crippen LogP contribution in [0, 0.1) is 0 Å². The summed E-state index contributed by atoms with van der Waals surface area (Å²) in [6, 6.07) is 6.00. The number of nitrogens with zero attached hydrogens (tertiary/aromatic N) is 2. The number of rotatable bonds is 3. The Morgan fingerprint density at radius 1 is 1.32 bits per heavy atom. The molecular weight excluding hydrogens is 334 g/mol. The van der Waals surface area contributed by atoms with Crippen LogP contribution in [0.3, 0.4) is 0 Å². The van der Waals surface area contributed by atoms with Gasteiger partial charge in [-0.1, -0.05) is 0 Å². The van der Waals surface area contributed by atoms with E-state index in [4.69, 9.17) is 0 Å². The van der Waals surface area contributed by atoms with Crippen LogP contribution in [0.2, 0.25) is 0 Å². The van der Waals surface area contributed by atoms with E-state index in [-0.39, 0.29) is 17.5 Å². The van der Waals surface area contributed by atoms with Gasteiger partial charge < -0.3 is 19.7 Å². The number of ether oxygens (including phenoxy) is 2. The number of nitrogens with one attached hydrogen (secondary N) is 2. The predicted molar refractivity (Wildman–Crippen MR) is 85.3 cm³/mol. The Labute approximate surface area is 141 Å². The van der Waals surface area contributed by atoms with Crippen molar-refractivity contribution in [3.8, 4) is 11.5 Å². The number of pyridine rings is 1. The van der Waals surface area contributed by atoms with E-state index in [1.165, 1.54) is 12.1 Å². The number of hydrogen-bond donors (Lipinski definition) is 2. The standard InChI is InChI=1S/C16H14F2N4O3/c1-2-22-8-10-11(5-6-19-14(10)21-15(22)23)20-9-3-4-12-13(7-9)25-16(17,18)24-12/h3-7H,2,8H2,1H3,(H2,19,20,21,23). The molecule has 7 nitrogen and oxygen atoms in total. The molecule has 0 atom stereocenters. The van der Waals surface area contributed by atoms with Crippen LogP contribution >= 0.6 is 0 Å². The number of anilines is 3. The van der Waals surface area contributed by atoms with Gasteiger partial charge >= 0.3 is 12.3 Å². The molecule has 2 amide bonds. The molecule has 1 aromatic carbocycles. The van der Waals surface area contributed by atoms with E-state index < -0.39 is 6.29 Å². The van der Waals surface area contributed by atoms with Crippen molar-refractivity contribution in [2.24, 2.45) is 0 Å². The van der Waals surface area contributed by atoms with Gasteiger partial charge in [-0.05, 0) is 25.1 Å². The number of halogens is 2. The van der Waals surface area contributed by atoms with E-state index in [0.717, 1.165) is 5.56 Å². The Morgan fingerprint density at radius 3 is 2.92 bits per heavy atom. The van der Waals surface area contributed by atoms with Gasteiger partial charge in [0.2, 0.25) is 0 Å². The van der Waals surface area contributed by atoms with Crippen molar-refractivity contribution in [2.75, 3.05) is 17.2 Å². The first-order valence-electron chi connectivity index (χ1n) is 7.66. The molecule has 25 heavy (non-hydrogen) atoms. The predicted octanol–water partition coefficient (Wildman–Crippen LogP) is 3.51. The average Bonchev–Trinajstić information content (AvgIpc) is 2.87. The second-order valence-corrected chi connectivity index (χ2v) is 5.58. The lowest BCUT2D eigenvalue weighted by Gasteiger charge is -2.29.